The summed E-state index contributed by atoms with van der Waals surface area (Å²) in [7, 11) is 0. The molecule has 94 valence electrons. The topological polar surface area (TPSA) is 80.7 Å². The normalized spacial score (nSPS) is 20.4. The summed E-state index contributed by atoms with van der Waals surface area (Å²) in [6.07, 6.45) is 0.102. The summed E-state index contributed by atoms with van der Waals surface area (Å²) < 4.78 is 4.79. The highest BCUT2D eigenvalue weighted by Crippen LogP contribution is 2.27. The van der Waals surface area contributed by atoms with E-state index in [1.807, 2.05) is 0 Å². The molecule has 1 rings (SSSR count). The number of ether oxygens (including phenoxy) is 1. The first-order valence-electron chi connectivity index (χ1n) is 5.66. The molecule has 0 aromatic heterocycles. The smallest absolute Gasteiger partial charge is 0.309 e. The minimum Gasteiger partial charge on any atom is -0.511 e. The predicted molar refractivity (Wildman–Crippen MR) is 59.3 cm³/mol. The van der Waals surface area contributed by atoms with Crippen LogP contribution < -0.4 is 0 Å². The minimum atomic E-state index is -0.671. The second-order valence-corrected chi connectivity index (χ2v) is 3.88. The van der Waals surface area contributed by atoms with Gasteiger partial charge in [0.25, 0.3) is 0 Å². The fraction of sp³-hybridized carbons (Fsp3) is 0.583. The van der Waals surface area contributed by atoms with Crippen molar-refractivity contribution in [2.45, 2.75) is 33.1 Å². The minimum absolute atomic E-state index is 0.00560. The molecule has 1 N–H and O–H groups in total. The number of allylic oxidation sites excluding steroid dienone is 2. The first-order valence-corrected chi connectivity index (χ1v) is 5.66. The molecule has 17 heavy (non-hydrogen) atoms. The fourth-order valence-corrected chi connectivity index (χ4v) is 1.81. The largest absolute Gasteiger partial charge is 0.511 e. The van der Waals surface area contributed by atoms with Gasteiger partial charge < -0.3 is 9.84 Å². The van der Waals surface area contributed by atoms with Crippen molar-refractivity contribution in [1.82, 2.24) is 0 Å². The van der Waals surface area contributed by atoms with Gasteiger partial charge in [-0.3, -0.25) is 14.4 Å². The van der Waals surface area contributed by atoms with Gasteiger partial charge in [0.15, 0.2) is 11.6 Å². The summed E-state index contributed by atoms with van der Waals surface area (Å²) in [6, 6.07) is 0. The third-order valence-corrected chi connectivity index (χ3v) is 2.66. The van der Waals surface area contributed by atoms with Gasteiger partial charge in [0, 0.05) is 19.3 Å². The number of ketones is 2. The van der Waals surface area contributed by atoms with Crippen molar-refractivity contribution in [1.29, 1.82) is 0 Å². The molecule has 0 aliphatic heterocycles. The van der Waals surface area contributed by atoms with Crippen molar-refractivity contribution in [2.75, 3.05) is 6.61 Å². The SMILES string of the molecule is CCOC(=O)C1CC(=O)C(C(=O)CC)=C(O)C1. The molecule has 0 spiro atoms. The van der Waals surface area contributed by atoms with E-state index in [0.29, 0.717) is 0 Å². The Balaban J connectivity index is 2.87. The second kappa shape index (κ2) is 5.61. The zero-order chi connectivity index (χ0) is 13.0. The van der Waals surface area contributed by atoms with Gasteiger partial charge in [0.05, 0.1) is 18.1 Å². The number of carbonyl (C=O) groups excluding carboxylic acids is 3. The summed E-state index contributed by atoms with van der Waals surface area (Å²) >= 11 is 0. The van der Waals surface area contributed by atoms with Crippen molar-refractivity contribution in [2.24, 2.45) is 5.92 Å². The van der Waals surface area contributed by atoms with Crippen molar-refractivity contribution in [3.63, 3.8) is 0 Å². The summed E-state index contributed by atoms with van der Waals surface area (Å²) in [6.45, 7) is 3.52. The fourth-order valence-electron chi connectivity index (χ4n) is 1.81. The Kier molecular flexibility index (Phi) is 4.43. The Morgan fingerprint density at radius 1 is 1.35 bits per heavy atom. The Hall–Kier alpha value is -1.65. The van der Waals surface area contributed by atoms with Crippen molar-refractivity contribution >= 4 is 17.5 Å². The van der Waals surface area contributed by atoms with Crippen LogP contribution in [0.25, 0.3) is 0 Å². The van der Waals surface area contributed by atoms with E-state index >= 15 is 0 Å². The highest BCUT2D eigenvalue weighted by Gasteiger charge is 2.35. The van der Waals surface area contributed by atoms with Gasteiger partial charge in [-0.1, -0.05) is 6.92 Å². The number of hydrogen-bond donors (Lipinski definition) is 1. The zero-order valence-corrected chi connectivity index (χ0v) is 9.99. The average Bonchev–Trinajstić information content (AvgIpc) is 2.28. The molecule has 0 aromatic carbocycles. The van der Waals surface area contributed by atoms with Gasteiger partial charge in [0.1, 0.15) is 5.76 Å². The van der Waals surface area contributed by atoms with E-state index in [9.17, 15) is 19.5 Å². The van der Waals surface area contributed by atoms with Crippen LogP contribution in [0, 0.1) is 5.92 Å². The molecule has 1 aliphatic rings. The van der Waals surface area contributed by atoms with Crippen LogP contribution in [0.4, 0.5) is 0 Å². The van der Waals surface area contributed by atoms with E-state index in [1.165, 1.54) is 0 Å². The van der Waals surface area contributed by atoms with Crippen molar-refractivity contribution < 1.29 is 24.2 Å². The maximum Gasteiger partial charge on any atom is 0.309 e. The van der Waals surface area contributed by atoms with Gasteiger partial charge in [-0.05, 0) is 6.92 Å². The molecular formula is C12H16O5. The van der Waals surface area contributed by atoms with Crippen LogP contribution in [0.3, 0.4) is 0 Å². The van der Waals surface area contributed by atoms with E-state index in [0.717, 1.165) is 0 Å². The lowest BCUT2D eigenvalue weighted by Gasteiger charge is -2.21. The summed E-state index contributed by atoms with van der Waals surface area (Å²) in [5, 5.41) is 9.66. The molecule has 1 aliphatic carbocycles. The van der Waals surface area contributed by atoms with Crippen LogP contribution in [0.1, 0.15) is 33.1 Å². The molecule has 0 saturated heterocycles. The van der Waals surface area contributed by atoms with Gasteiger partial charge in [-0.25, -0.2) is 0 Å². The van der Waals surface area contributed by atoms with Crippen molar-refractivity contribution in [3.05, 3.63) is 11.3 Å². The molecule has 1 unspecified atom stereocenters. The second-order valence-electron chi connectivity index (χ2n) is 3.88. The first-order chi connectivity index (χ1) is 8.01. The van der Waals surface area contributed by atoms with E-state index in [2.05, 4.69) is 0 Å². The highest BCUT2D eigenvalue weighted by molar-refractivity contribution is 6.21. The third kappa shape index (κ3) is 2.93. The van der Waals surface area contributed by atoms with Crippen LogP contribution in [0.2, 0.25) is 0 Å². The van der Waals surface area contributed by atoms with Crippen LogP contribution in [0.5, 0.6) is 0 Å². The maximum absolute atomic E-state index is 11.7. The first kappa shape index (κ1) is 13.4. The number of Topliss-reactive ketones (excluding diaryl/α,β-unsaturated/α-hetero) is 2. The van der Waals surface area contributed by atoms with E-state index in [1.54, 1.807) is 13.8 Å². The monoisotopic (exact) mass is 240 g/mol. The number of aliphatic hydroxyl groups excluding tert-OH is 1. The molecule has 0 aromatic rings. The van der Waals surface area contributed by atoms with Crippen LogP contribution in [0.15, 0.2) is 11.3 Å². The van der Waals surface area contributed by atoms with Gasteiger partial charge in [-0.2, -0.15) is 0 Å². The lowest BCUT2D eigenvalue weighted by atomic mass is 9.85. The molecule has 0 amide bonds. The molecule has 0 fully saturated rings. The van der Waals surface area contributed by atoms with E-state index < -0.39 is 17.7 Å². The third-order valence-electron chi connectivity index (χ3n) is 2.66. The number of rotatable bonds is 4. The Bertz CT molecular complexity index is 380. The highest BCUT2D eigenvalue weighted by atomic mass is 16.5. The maximum atomic E-state index is 11.7. The molecule has 0 saturated carbocycles. The van der Waals surface area contributed by atoms with Gasteiger partial charge >= 0.3 is 5.97 Å². The summed E-state index contributed by atoms with van der Waals surface area (Å²) in [5.74, 6) is -2.31. The lowest BCUT2D eigenvalue weighted by molar-refractivity contribution is -0.150. The van der Waals surface area contributed by atoms with Crippen LogP contribution in [-0.2, 0) is 19.1 Å². The van der Waals surface area contributed by atoms with Gasteiger partial charge in [0.2, 0.25) is 0 Å². The average molecular weight is 240 g/mol. The van der Waals surface area contributed by atoms with E-state index in [4.69, 9.17) is 4.74 Å². The van der Waals surface area contributed by atoms with Crippen LogP contribution in [-0.4, -0.2) is 29.2 Å². The van der Waals surface area contributed by atoms with Crippen LogP contribution >= 0.6 is 0 Å². The summed E-state index contributed by atoms with van der Waals surface area (Å²) in [5.41, 5.74) is -0.145. The molecule has 0 radical (unpaired) electrons. The lowest BCUT2D eigenvalue weighted by Crippen LogP contribution is -2.29. The molecular weight excluding hydrogens is 224 g/mol. The molecule has 1 atom stereocenters. The molecule has 5 heteroatoms. The Morgan fingerprint density at radius 3 is 2.47 bits per heavy atom. The Morgan fingerprint density at radius 2 is 2.00 bits per heavy atom. The quantitative estimate of drug-likeness (QED) is 0.592. The number of carbonyl (C=O) groups is 3. The number of hydrogen-bond acceptors (Lipinski definition) is 5. The standard InChI is InChI=1S/C12H16O5/c1-3-8(13)11-9(14)5-7(6-10(11)15)12(16)17-4-2/h7,14H,3-6H2,1-2H3. The molecule has 0 heterocycles. The Labute approximate surface area is 99.5 Å². The predicted octanol–water partition coefficient (Wildman–Crippen LogP) is 1.32. The summed E-state index contributed by atoms with van der Waals surface area (Å²) in [4.78, 5) is 34.6. The zero-order valence-electron chi connectivity index (χ0n) is 9.99. The molecule has 5 nitrogen and oxygen atoms in total. The van der Waals surface area contributed by atoms with E-state index in [-0.39, 0.29) is 43.0 Å². The number of aliphatic hydroxyl groups is 1. The van der Waals surface area contributed by atoms with Crippen molar-refractivity contribution in [3.8, 4) is 0 Å². The molecule has 0 bridgehead atoms. The van der Waals surface area contributed by atoms with Gasteiger partial charge in [-0.15, -0.1) is 0 Å². The number of esters is 1.